The lowest BCUT2D eigenvalue weighted by Gasteiger charge is -2.22. The number of hydrogen-bond acceptors (Lipinski definition) is 8. The van der Waals surface area contributed by atoms with E-state index in [4.69, 9.17) is 13.9 Å². The smallest absolute Gasteiger partial charge is 0.230 e. The van der Waals surface area contributed by atoms with E-state index in [1.165, 1.54) is 0 Å². The van der Waals surface area contributed by atoms with Gasteiger partial charge < -0.3 is 23.9 Å². The van der Waals surface area contributed by atoms with Crippen molar-refractivity contribution in [2.45, 2.75) is 40.0 Å². The number of aryl methyl sites for hydroxylation is 1. The fraction of sp³-hybridized carbons (Fsp3) is 0.600. The third kappa shape index (κ3) is 6.78. The third-order valence-electron chi connectivity index (χ3n) is 4.45. The molecule has 1 atom stereocenters. The molecule has 0 bridgehead atoms. The van der Waals surface area contributed by atoms with Crippen LogP contribution in [0.25, 0.3) is 0 Å². The summed E-state index contributed by atoms with van der Waals surface area (Å²) < 4.78 is 16.7. The number of nitrogens with zero attached hydrogens (tertiary/aromatic N) is 4. The summed E-state index contributed by atoms with van der Waals surface area (Å²) in [6, 6.07) is 5.82. The van der Waals surface area contributed by atoms with Gasteiger partial charge in [0, 0.05) is 20.0 Å². The Morgan fingerprint density at radius 2 is 1.89 bits per heavy atom. The first-order valence-electron chi connectivity index (χ1n) is 9.62. The van der Waals surface area contributed by atoms with Crippen LogP contribution in [0.4, 0.5) is 0 Å². The minimum Gasteiger partial charge on any atom is -0.493 e. The molecule has 0 aliphatic carbocycles. The van der Waals surface area contributed by atoms with Crippen LogP contribution in [0.3, 0.4) is 0 Å². The van der Waals surface area contributed by atoms with Crippen LogP contribution in [0, 0.1) is 6.92 Å². The van der Waals surface area contributed by atoms with E-state index in [9.17, 15) is 5.11 Å². The molecule has 0 unspecified atom stereocenters. The molecule has 0 saturated heterocycles. The Labute approximate surface area is 167 Å². The van der Waals surface area contributed by atoms with Gasteiger partial charge in [0.25, 0.3) is 0 Å². The van der Waals surface area contributed by atoms with Gasteiger partial charge in [-0.25, -0.2) is 0 Å². The van der Waals surface area contributed by atoms with E-state index in [2.05, 4.69) is 33.8 Å². The van der Waals surface area contributed by atoms with Crippen molar-refractivity contribution in [3.05, 3.63) is 35.5 Å². The maximum Gasteiger partial charge on any atom is 0.230 e. The highest BCUT2D eigenvalue weighted by atomic mass is 16.5. The summed E-state index contributed by atoms with van der Waals surface area (Å²) in [6.07, 6.45) is -0.559. The molecule has 0 amide bonds. The highest BCUT2D eigenvalue weighted by Crippen LogP contribution is 2.28. The minimum absolute atomic E-state index is 0.216. The lowest BCUT2D eigenvalue weighted by Crippen LogP contribution is -2.35. The van der Waals surface area contributed by atoms with Gasteiger partial charge >= 0.3 is 0 Å². The molecule has 2 aromatic rings. The van der Waals surface area contributed by atoms with E-state index in [-0.39, 0.29) is 6.61 Å². The fourth-order valence-corrected chi connectivity index (χ4v) is 2.95. The number of aromatic nitrogens is 2. The molecule has 0 saturated carbocycles. The number of aliphatic hydroxyl groups is 1. The second kappa shape index (κ2) is 11.0. The Hall–Kier alpha value is -2.16. The summed E-state index contributed by atoms with van der Waals surface area (Å²) in [4.78, 5) is 4.24. The van der Waals surface area contributed by atoms with Crippen molar-refractivity contribution in [1.29, 1.82) is 0 Å². The fourth-order valence-electron chi connectivity index (χ4n) is 2.95. The molecular weight excluding hydrogens is 360 g/mol. The molecule has 156 valence electrons. The Kier molecular flexibility index (Phi) is 8.69. The summed E-state index contributed by atoms with van der Waals surface area (Å²) in [7, 11) is 3.59. The first-order valence-corrected chi connectivity index (χ1v) is 9.62. The third-order valence-corrected chi connectivity index (χ3v) is 4.45. The van der Waals surface area contributed by atoms with Crippen molar-refractivity contribution in [3.63, 3.8) is 0 Å². The quantitative estimate of drug-likeness (QED) is 0.588. The lowest BCUT2D eigenvalue weighted by molar-refractivity contribution is 0.0705. The van der Waals surface area contributed by atoms with Crippen molar-refractivity contribution < 1.29 is 19.0 Å². The molecule has 0 aliphatic heterocycles. The second-order valence-corrected chi connectivity index (χ2v) is 6.82. The van der Waals surface area contributed by atoms with Gasteiger partial charge in [0.2, 0.25) is 11.8 Å². The van der Waals surface area contributed by atoms with E-state index in [1.807, 2.05) is 25.2 Å². The number of aliphatic hydroxyl groups excluding tert-OH is 1. The van der Waals surface area contributed by atoms with Crippen molar-refractivity contribution in [3.8, 4) is 11.5 Å². The maximum atomic E-state index is 10.2. The summed E-state index contributed by atoms with van der Waals surface area (Å²) in [5.41, 5.74) is 1.06. The van der Waals surface area contributed by atoms with Crippen LogP contribution in [-0.2, 0) is 13.1 Å². The monoisotopic (exact) mass is 392 g/mol. The van der Waals surface area contributed by atoms with Gasteiger partial charge in [0.05, 0.1) is 13.7 Å². The van der Waals surface area contributed by atoms with Crippen molar-refractivity contribution >= 4 is 0 Å². The average Bonchev–Trinajstić information content (AvgIpc) is 3.08. The van der Waals surface area contributed by atoms with E-state index in [1.54, 1.807) is 14.0 Å². The van der Waals surface area contributed by atoms with Gasteiger partial charge in [-0.1, -0.05) is 19.9 Å². The number of hydrogen-bond donors (Lipinski definition) is 1. The summed E-state index contributed by atoms with van der Waals surface area (Å²) in [6.45, 7) is 9.78. The number of rotatable bonds is 12. The predicted octanol–water partition coefficient (Wildman–Crippen LogP) is 2.10. The molecule has 2 rings (SSSR count). The predicted molar refractivity (Wildman–Crippen MR) is 106 cm³/mol. The van der Waals surface area contributed by atoms with Crippen LogP contribution in [-0.4, -0.2) is 71.6 Å². The average molecular weight is 393 g/mol. The number of benzene rings is 1. The first kappa shape index (κ1) is 22.1. The molecule has 0 aliphatic rings. The molecule has 28 heavy (non-hydrogen) atoms. The molecule has 1 heterocycles. The maximum absolute atomic E-state index is 10.2. The summed E-state index contributed by atoms with van der Waals surface area (Å²) in [5, 5.41) is 18.1. The van der Waals surface area contributed by atoms with Crippen molar-refractivity contribution in [2.75, 3.05) is 40.4 Å². The SMILES string of the molecule is CCN(CC)C[C@@H](O)COc1cc(CN(C)Cc2nnc(C)o2)ccc1OC. The highest BCUT2D eigenvalue weighted by Gasteiger charge is 2.13. The number of likely N-dealkylation sites (N-methyl/N-ethyl adjacent to an activating group) is 1. The molecule has 1 aromatic heterocycles. The standard InChI is InChI=1S/C20H32N4O4/c1-6-24(7-2)12-17(25)14-27-19-10-16(8-9-18(19)26-5)11-23(4)13-20-22-21-15(3)28-20/h8-10,17,25H,6-7,11-14H2,1-5H3/t17-/m1/s1. The molecule has 0 radical (unpaired) electrons. The van der Waals surface area contributed by atoms with Gasteiger partial charge in [-0.3, -0.25) is 4.90 Å². The van der Waals surface area contributed by atoms with E-state index in [0.29, 0.717) is 42.9 Å². The lowest BCUT2D eigenvalue weighted by atomic mass is 10.2. The molecule has 1 N–H and O–H groups in total. The Bertz CT molecular complexity index is 718. The Morgan fingerprint density at radius 3 is 2.50 bits per heavy atom. The number of ether oxygens (including phenoxy) is 2. The zero-order chi connectivity index (χ0) is 20.5. The Morgan fingerprint density at radius 1 is 1.14 bits per heavy atom. The molecule has 8 nitrogen and oxygen atoms in total. The Balaban J connectivity index is 1.96. The van der Waals surface area contributed by atoms with Crippen LogP contribution < -0.4 is 9.47 Å². The molecule has 0 spiro atoms. The highest BCUT2D eigenvalue weighted by molar-refractivity contribution is 5.43. The second-order valence-electron chi connectivity index (χ2n) is 6.82. The largest absolute Gasteiger partial charge is 0.493 e. The normalized spacial score (nSPS) is 12.6. The van der Waals surface area contributed by atoms with Crippen LogP contribution in [0.2, 0.25) is 0 Å². The van der Waals surface area contributed by atoms with Gasteiger partial charge in [0.15, 0.2) is 11.5 Å². The molecular formula is C20H32N4O4. The summed E-state index contributed by atoms with van der Waals surface area (Å²) >= 11 is 0. The van der Waals surface area contributed by atoms with Crippen molar-refractivity contribution in [2.24, 2.45) is 0 Å². The van der Waals surface area contributed by atoms with Gasteiger partial charge in [-0.15, -0.1) is 10.2 Å². The van der Waals surface area contributed by atoms with E-state index in [0.717, 1.165) is 18.7 Å². The summed E-state index contributed by atoms with van der Waals surface area (Å²) in [5.74, 6) is 2.42. The topological polar surface area (TPSA) is 84.1 Å². The van der Waals surface area contributed by atoms with Gasteiger partial charge in [-0.05, 0) is 37.8 Å². The zero-order valence-electron chi connectivity index (χ0n) is 17.5. The first-order chi connectivity index (χ1) is 13.4. The zero-order valence-corrected chi connectivity index (χ0v) is 17.5. The van der Waals surface area contributed by atoms with E-state index >= 15 is 0 Å². The number of methoxy groups -OCH3 is 1. The molecule has 1 aromatic carbocycles. The molecule has 8 heteroatoms. The van der Waals surface area contributed by atoms with Crippen LogP contribution in [0.5, 0.6) is 11.5 Å². The molecule has 0 fully saturated rings. The van der Waals surface area contributed by atoms with Crippen LogP contribution in [0.1, 0.15) is 31.2 Å². The van der Waals surface area contributed by atoms with Gasteiger partial charge in [-0.2, -0.15) is 0 Å². The van der Waals surface area contributed by atoms with E-state index < -0.39 is 6.10 Å². The van der Waals surface area contributed by atoms with Crippen LogP contribution in [0.15, 0.2) is 22.6 Å². The van der Waals surface area contributed by atoms with Gasteiger partial charge in [0.1, 0.15) is 12.7 Å². The van der Waals surface area contributed by atoms with Crippen LogP contribution >= 0.6 is 0 Å². The minimum atomic E-state index is -0.559. The van der Waals surface area contributed by atoms with Crippen molar-refractivity contribution in [1.82, 2.24) is 20.0 Å².